The zero-order valence-corrected chi connectivity index (χ0v) is 25.9. The van der Waals surface area contributed by atoms with Crippen LogP contribution in [0.15, 0.2) is 42.9 Å². The number of rotatable bonds is 9. The number of hydrogen-bond donors (Lipinski definition) is 0. The Morgan fingerprint density at radius 1 is 0.905 bits per heavy atom. The number of nitrogens with zero attached hydrogens (tertiary/aromatic N) is 7. The van der Waals surface area contributed by atoms with Gasteiger partial charge in [0.15, 0.2) is 23.0 Å². The van der Waals surface area contributed by atoms with Crippen molar-refractivity contribution in [3.8, 4) is 22.8 Å². The van der Waals surface area contributed by atoms with Crippen molar-refractivity contribution in [3.05, 3.63) is 59.8 Å². The molecule has 42 heavy (non-hydrogen) atoms. The Labute approximate surface area is 247 Å². The molecule has 0 amide bonds. The van der Waals surface area contributed by atoms with Gasteiger partial charge >= 0.3 is 0 Å². The average Bonchev–Trinajstić information content (AvgIpc) is 3.30. The summed E-state index contributed by atoms with van der Waals surface area (Å²) in [6, 6.07) is 10.1. The average molecular weight is 588 g/mol. The van der Waals surface area contributed by atoms with Crippen LogP contribution >= 0.6 is 10.0 Å². The Balaban J connectivity index is 1.29. The number of hydrogen-bond acceptors (Lipinski definition) is 9. The maximum Gasteiger partial charge on any atom is 0.161 e. The molecular weight excluding hydrogens is 550 g/mol. The van der Waals surface area contributed by atoms with E-state index in [0.29, 0.717) is 13.3 Å². The van der Waals surface area contributed by atoms with Crippen molar-refractivity contribution in [2.24, 2.45) is 0 Å². The summed E-state index contributed by atoms with van der Waals surface area (Å²) in [4.78, 5) is 26.0. The minimum atomic E-state index is -0.593. The van der Waals surface area contributed by atoms with Gasteiger partial charge in [-0.15, -0.1) is 0 Å². The van der Waals surface area contributed by atoms with E-state index in [4.69, 9.17) is 29.2 Å². The Bertz CT molecular complexity index is 1770. The third kappa shape index (κ3) is 5.58. The normalized spacial score (nSPS) is 13.9. The lowest BCUT2D eigenvalue weighted by Crippen LogP contribution is -2.31. The molecule has 1 aliphatic heterocycles. The van der Waals surface area contributed by atoms with Gasteiger partial charge in [0, 0.05) is 30.6 Å². The molecule has 6 rings (SSSR count). The summed E-state index contributed by atoms with van der Waals surface area (Å²) in [7, 11) is 2.74. The first-order chi connectivity index (χ1) is 20.2. The highest BCUT2D eigenvalue weighted by Gasteiger charge is 2.23. The summed E-state index contributed by atoms with van der Waals surface area (Å²) in [5.41, 5.74) is 7.31. The van der Waals surface area contributed by atoms with Crippen LogP contribution in [0.4, 0.5) is 5.82 Å². The van der Waals surface area contributed by atoms with Crippen molar-refractivity contribution < 1.29 is 14.2 Å². The van der Waals surface area contributed by atoms with Crippen LogP contribution in [0.3, 0.4) is 0 Å². The van der Waals surface area contributed by atoms with Gasteiger partial charge in [0.05, 0.1) is 32.0 Å². The van der Waals surface area contributed by atoms with Gasteiger partial charge in [0.25, 0.3) is 0 Å². The topological polar surface area (TPSA) is 100 Å². The number of ether oxygens (including phenoxy) is 3. The van der Waals surface area contributed by atoms with Crippen molar-refractivity contribution in [2.75, 3.05) is 56.8 Å². The third-order valence-electron chi connectivity index (χ3n) is 7.61. The third-order valence-corrected chi connectivity index (χ3v) is 9.00. The molecular formula is C31H37N7O3S. The zero-order chi connectivity index (χ0) is 29.4. The maximum atomic E-state index is 5.98. The Morgan fingerprint density at radius 2 is 1.69 bits per heavy atom. The summed E-state index contributed by atoms with van der Waals surface area (Å²) >= 11 is 0. The molecule has 0 unspecified atom stereocenters. The number of anilines is 1. The van der Waals surface area contributed by atoms with Crippen LogP contribution in [0.1, 0.15) is 17.0 Å². The van der Waals surface area contributed by atoms with Gasteiger partial charge in [0.2, 0.25) is 0 Å². The zero-order valence-electron chi connectivity index (χ0n) is 25.0. The van der Waals surface area contributed by atoms with E-state index in [1.54, 1.807) is 20.5 Å². The Morgan fingerprint density at radius 3 is 2.45 bits per heavy atom. The molecule has 1 aromatic carbocycles. The van der Waals surface area contributed by atoms with Crippen LogP contribution < -0.4 is 14.4 Å². The van der Waals surface area contributed by atoms with E-state index in [1.807, 2.05) is 35.9 Å². The molecule has 11 heteroatoms. The number of aromatic nitrogens is 6. The number of fused-ring (bicyclic) bond motifs is 3. The molecule has 0 fully saturated rings. The van der Waals surface area contributed by atoms with Gasteiger partial charge in [-0.3, -0.25) is 4.57 Å². The molecule has 0 radical (unpaired) electrons. The first-order valence-corrected chi connectivity index (χ1v) is 16.9. The second-order valence-electron chi connectivity index (χ2n) is 11.4. The van der Waals surface area contributed by atoms with Gasteiger partial charge in [0.1, 0.15) is 29.9 Å². The lowest BCUT2D eigenvalue weighted by atomic mass is 9.98. The molecule has 0 N–H and O–H groups in total. The summed E-state index contributed by atoms with van der Waals surface area (Å²) in [5, 5.41) is 0. The number of benzene rings is 1. The second-order valence-corrected chi connectivity index (χ2v) is 16.0. The van der Waals surface area contributed by atoms with Crippen LogP contribution in [0.5, 0.6) is 11.5 Å². The monoisotopic (exact) mass is 587 g/mol. The van der Waals surface area contributed by atoms with E-state index in [-0.39, 0.29) is 0 Å². The number of aryl methyl sites for hydroxylation is 1. The number of methoxy groups -OCH3 is 2. The van der Waals surface area contributed by atoms with Crippen molar-refractivity contribution in [2.45, 2.75) is 26.6 Å². The maximum absolute atomic E-state index is 5.98. The predicted molar refractivity (Wildman–Crippen MR) is 169 cm³/mol. The molecule has 0 saturated heterocycles. The first-order valence-electron chi connectivity index (χ1n) is 13.9. The molecule has 5 aromatic rings. The Kier molecular flexibility index (Phi) is 7.63. The fourth-order valence-electron chi connectivity index (χ4n) is 5.27. The molecule has 0 saturated carbocycles. The van der Waals surface area contributed by atoms with Gasteiger partial charge in [-0.2, -0.15) is 0 Å². The minimum absolute atomic E-state index is 0.441. The molecule has 10 nitrogen and oxygen atoms in total. The molecule has 0 atom stereocenters. The number of imidazole rings is 1. The molecule has 5 heterocycles. The second kappa shape index (κ2) is 11.4. The molecule has 1 aliphatic rings. The van der Waals surface area contributed by atoms with Crippen LogP contribution in [0, 0.1) is 6.92 Å². The largest absolute Gasteiger partial charge is 0.493 e. The molecule has 0 aliphatic carbocycles. The van der Waals surface area contributed by atoms with Crippen LogP contribution in [-0.4, -0.2) is 81.4 Å². The fraction of sp³-hybridized carbons (Fsp3) is 0.387. The predicted octanol–water partition coefficient (Wildman–Crippen LogP) is 4.99. The van der Waals surface area contributed by atoms with Gasteiger partial charge in [-0.05, 0) is 73.6 Å². The molecule has 220 valence electrons. The van der Waals surface area contributed by atoms with E-state index in [2.05, 4.69) is 45.8 Å². The molecule has 0 bridgehead atoms. The van der Waals surface area contributed by atoms with E-state index < -0.39 is 10.0 Å². The van der Waals surface area contributed by atoms with E-state index in [0.717, 1.165) is 81.9 Å². The highest BCUT2D eigenvalue weighted by Crippen LogP contribution is 2.36. The highest BCUT2D eigenvalue weighted by atomic mass is 32.3. The van der Waals surface area contributed by atoms with Crippen LogP contribution in [-0.2, 0) is 24.4 Å². The standard InChI is InChI=1S/C31H37N7O3S/c1-20-35-26-13-22(16-32-30(26)38(20)19-41-11-12-42(4,5)6)24-7-8-25-29(36-24)31(34-18-33-25)37-10-9-21-14-27(39-2)28(40-3)15-23(21)17-37/h7-8,13-16,18H,9-12,17,19H2,1-6H3. The van der Waals surface area contributed by atoms with Gasteiger partial charge in [-0.1, -0.05) is 0 Å². The quantitative estimate of drug-likeness (QED) is 0.221. The van der Waals surface area contributed by atoms with E-state index in [1.165, 1.54) is 11.1 Å². The minimum Gasteiger partial charge on any atom is -0.493 e. The Hall–Kier alpha value is -3.96. The summed E-state index contributed by atoms with van der Waals surface area (Å²) in [6.07, 6.45) is 11.2. The first kappa shape index (κ1) is 28.2. The molecule has 4 aromatic heterocycles. The summed E-state index contributed by atoms with van der Waals surface area (Å²) < 4.78 is 19.1. The van der Waals surface area contributed by atoms with Gasteiger partial charge in [-0.25, -0.2) is 34.9 Å². The molecule has 0 spiro atoms. The van der Waals surface area contributed by atoms with E-state index >= 15 is 0 Å². The van der Waals surface area contributed by atoms with Crippen molar-refractivity contribution in [3.63, 3.8) is 0 Å². The smallest absolute Gasteiger partial charge is 0.161 e. The van der Waals surface area contributed by atoms with Gasteiger partial charge < -0.3 is 19.1 Å². The SMILES string of the molecule is COc1cc2c(cc1OC)CN(c1ncnc3ccc(-c4cnc5c(c4)nc(C)n5COCCS(C)(C)C)nc13)CC2. The lowest BCUT2D eigenvalue weighted by molar-refractivity contribution is 0.0906. The van der Waals surface area contributed by atoms with Crippen molar-refractivity contribution in [1.29, 1.82) is 0 Å². The van der Waals surface area contributed by atoms with Crippen molar-refractivity contribution >= 4 is 38.0 Å². The van der Waals surface area contributed by atoms with E-state index in [9.17, 15) is 0 Å². The lowest BCUT2D eigenvalue weighted by Gasteiger charge is -2.30. The summed E-state index contributed by atoms with van der Waals surface area (Å²) in [5.74, 6) is 4.24. The van der Waals surface area contributed by atoms with Crippen LogP contribution in [0.2, 0.25) is 0 Å². The summed E-state index contributed by atoms with van der Waals surface area (Å²) in [6.45, 7) is 4.66. The fourth-order valence-corrected chi connectivity index (χ4v) is 5.88. The van der Waals surface area contributed by atoms with Crippen LogP contribution in [0.25, 0.3) is 33.5 Å². The number of pyridine rings is 2. The van der Waals surface area contributed by atoms with Crippen molar-refractivity contribution in [1.82, 2.24) is 29.5 Å². The highest BCUT2D eigenvalue weighted by molar-refractivity contribution is 8.32.